The maximum atomic E-state index is 14.8. The van der Waals surface area contributed by atoms with E-state index in [9.17, 15) is 22.7 Å². The normalized spacial score (nSPS) is 17.8. The third-order valence-corrected chi connectivity index (χ3v) is 6.14. The molecule has 2 aromatic heterocycles. The van der Waals surface area contributed by atoms with Crippen molar-refractivity contribution in [3.8, 4) is 5.69 Å². The zero-order chi connectivity index (χ0) is 24.9. The van der Waals surface area contributed by atoms with Crippen molar-refractivity contribution in [1.29, 1.82) is 0 Å². The lowest BCUT2D eigenvalue weighted by molar-refractivity contribution is 0.0387. The first-order valence-corrected chi connectivity index (χ1v) is 11.0. The first-order valence-electron chi connectivity index (χ1n) is 11.0. The first-order chi connectivity index (χ1) is 16.7. The van der Waals surface area contributed by atoms with Gasteiger partial charge in [-0.3, -0.25) is 0 Å². The topological polar surface area (TPSA) is 68.8 Å². The van der Waals surface area contributed by atoms with Gasteiger partial charge in [0.1, 0.15) is 11.4 Å². The third kappa shape index (κ3) is 4.03. The molecule has 0 radical (unpaired) electrons. The molecular weight excluding hydrogens is 462 g/mol. The van der Waals surface area contributed by atoms with E-state index >= 15 is 0 Å². The van der Waals surface area contributed by atoms with E-state index in [-0.39, 0.29) is 23.6 Å². The van der Waals surface area contributed by atoms with Gasteiger partial charge in [-0.05, 0) is 74.2 Å². The van der Waals surface area contributed by atoms with Crippen LogP contribution in [0.4, 0.5) is 17.6 Å². The van der Waals surface area contributed by atoms with Gasteiger partial charge in [-0.25, -0.2) is 32.2 Å². The van der Waals surface area contributed by atoms with Gasteiger partial charge < -0.3 is 9.67 Å². The maximum absolute atomic E-state index is 14.8. The van der Waals surface area contributed by atoms with Crippen LogP contribution in [0.1, 0.15) is 46.9 Å². The summed E-state index contributed by atoms with van der Waals surface area (Å²) in [4.78, 5) is 8.51. The van der Waals surface area contributed by atoms with E-state index in [0.717, 1.165) is 23.4 Å². The minimum Gasteiger partial charge on any atom is -0.377 e. The zero-order valence-electron chi connectivity index (χ0n) is 18.9. The molecule has 1 aliphatic rings. The summed E-state index contributed by atoms with van der Waals surface area (Å²) in [5.74, 6) is -4.59. The van der Waals surface area contributed by atoms with Crippen molar-refractivity contribution in [1.82, 2.24) is 24.3 Å². The number of rotatable bonds is 4. The van der Waals surface area contributed by atoms with E-state index in [4.69, 9.17) is 0 Å². The van der Waals surface area contributed by atoms with Gasteiger partial charge in [-0.1, -0.05) is 0 Å². The van der Waals surface area contributed by atoms with Crippen LogP contribution in [0.2, 0.25) is 0 Å². The Morgan fingerprint density at radius 1 is 1.00 bits per heavy atom. The Balaban J connectivity index is 1.47. The first kappa shape index (κ1) is 23.0. The lowest BCUT2D eigenvalue weighted by atomic mass is 9.86. The number of aromatic nitrogens is 5. The van der Waals surface area contributed by atoms with Crippen LogP contribution in [0.5, 0.6) is 0 Å². The number of imidazole rings is 1. The molecule has 6 nitrogen and oxygen atoms in total. The highest BCUT2D eigenvalue weighted by atomic mass is 19.2. The largest absolute Gasteiger partial charge is 0.377 e. The Hall–Kier alpha value is -3.79. The number of aryl methyl sites for hydroxylation is 3. The highest BCUT2D eigenvalue weighted by Crippen LogP contribution is 2.37. The van der Waals surface area contributed by atoms with Crippen LogP contribution in [0, 0.1) is 37.1 Å². The molecule has 1 N–H and O–H groups in total. The second-order valence-corrected chi connectivity index (χ2v) is 8.65. The second-order valence-electron chi connectivity index (χ2n) is 8.65. The summed E-state index contributed by atoms with van der Waals surface area (Å²) in [6, 6.07) is 4.63. The van der Waals surface area contributed by atoms with Crippen LogP contribution in [0.15, 0.2) is 36.8 Å². The number of nitrogens with zero attached hydrogens (tertiary/aromatic N) is 5. The lowest BCUT2D eigenvalue weighted by Crippen LogP contribution is -2.36. The molecule has 0 unspecified atom stereocenters. The van der Waals surface area contributed by atoms with Crippen molar-refractivity contribution in [2.24, 2.45) is 0 Å². The summed E-state index contributed by atoms with van der Waals surface area (Å²) in [7, 11) is 0. The molecule has 4 aromatic rings. The summed E-state index contributed by atoms with van der Waals surface area (Å²) >= 11 is 0. The molecule has 0 amide bonds. The number of fused-ring (bicyclic) bond motifs is 1. The quantitative estimate of drug-likeness (QED) is 0.333. The van der Waals surface area contributed by atoms with Crippen molar-refractivity contribution >= 4 is 12.2 Å². The van der Waals surface area contributed by atoms with Crippen molar-refractivity contribution in [2.75, 3.05) is 0 Å². The van der Waals surface area contributed by atoms with Crippen LogP contribution >= 0.6 is 0 Å². The van der Waals surface area contributed by atoms with Gasteiger partial charge in [0.25, 0.3) is 0 Å². The Bertz CT molecular complexity index is 1450. The predicted molar refractivity (Wildman–Crippen MR) is 120 cm³/mol. The van der Waals surface area contributed by atoms with Gasteiger partial charge in [0.05, 0.1) is 17.7 Å². The molecule has 0 saturated heterocycles. The highest BCUT2D eigenvalue weighted by molar-refractivity contribution is 5.68. The fourth-order valence-electron chi connectivity index (χ4n) is 4.37. The molecule has 35 heavy (non-hydrogen) atoms. The minimum absolute atomic E-state index is 0.0799. The highest BCUT2D eigenvalue weighted by Gasteiger charge is 2.40. The standard InChI is InChI=1S/C25H21F4N5O/c1-14-8-16(18(26)11-21(14)33-12-15(2)30-13-33)4-5-22-31-24-25(35,6-3-7-34(24)32-22)17-9-19(27)23(29)20(28)10-17/h4-5,8-13,35H,3,6-7H2,1-2H3/b5-4+/t25-/m1/s1. The summed E-state index contributed by atoms with van der Waals surface area (Å²) in [6.45, 7) is 4.13. The van der Waals surface area contributed by atoms with Gasteiger partial charge in [0.2, 0.25) is 0 Å². The van der Waals surface area contributed by atoms with Gasteiger partial charge in [0.15, 0.2) is 29.1 Å². The Morgan fingerprint density at radius 2 is 1.74 bits per heavy atom. The molecular formula is C25H21F4N5O. The van der Waals surface area contributed by atoms with E-state index < -0.39 is 28.9 Å². The van der Waals surface area contributed by atoms with Crippen molar-refractivity contribution < 1.29 is 22.7 Å². The van der Waals surface area contributed by atoms with E-state index in [0.29, 0.717) is 24.2 Å². The summed E-state index contributed by atoms with van der Waals surface area (Å²) in [5.41, 5.74) is 0.627. The maximum Gasteiger partial charge on any atom is 0.194 e. The molecule has 3 heterocycles. The van der Waals surface area contributed by atoms with Gasteiger partial charge >= 0.3 is 0 Å². The monoisotopic (exact) mass is 483 g/mol. The van der Waals surface area contributed by atoms with Crippen molar-refractivity contribution in [2.45, 2.75) is 38.8 Å². The lowest BCUT2D eigenvalue weighted by Gasteiger charge is -2.31. The number of hydrogen-bond acceptors (Lipinski definition) is 4. The molecule has 10 heteroatoms. The van der Waals surface area contributed by atoms with Crippen LogP contribution in [0.25, 0.3) is 17.8 Å². The number of halogens is 4. The van der Waals surface area contributed by atoms with Crippen molar-refractivity contribution in [3.63, 3.8) is 0 Å². The smallest absolute Gasteiger partial charge is 0.194 e. The van der Waals surface area contributed by atoms with E-state index in [1.165, 1.54) is 22.9 Å². The SMILES string of the molecule is Cc1cn(-c2cc(F)c(/C=C/c3nc4n(n3)CCC[C@@]4(O)c3cc(F)c(F)c(F)c3)cc2C)cn1. The summed E-state index contributed by atoms with van der Waals surface area (Å²) in [5, 5.41) is 15.6. The number of aliphatic hydroxyl groups is 1. The average Bonchev–Trinajstić information content (AvgIpc) is 3.44. The molecule has 5 rings (SSSR count). The Kier molecular flexibility index (Phi) is 5.55. The fraction of sp³-hybridized carbons (Fsp3) is 0.240. The molecule has 0 aliphatic carbocycles. The van der Waals surface area contributed by atoms with Crippen LogP contribution in [-0.4, -0.2) is 29.4 Å². The molecule has 1 aliphatic heterocycles. The zero-order valence-corrected chi connectivity index (χ0v) is 18.9. The summed E-state index contributed by atoms with van der Waals surface area (Å²) in [6.07, 6.45) is 7.02. The Morgan fingerprint density at radius 3 is 2.43 bits per heavy atom. The Labute approximate surface area is 198 Å². The molecule has 1 atom stereocenters. The average molecular weight is 483 g/mol. The van der Waals surface area contributed by atoms with Gasteiger partial charge in [0, 0.05) is 18.3 Å². The molecule has 0 fully saturated rings. The third-order valence-electron chi connectivity index (χ3n) is 6.14. The second kappa shape index (κ2) is 8.46. The molecule has 0 spiro atoms. The van der Waals surface area contributed by atoms with E-state index in [1.807, 2.05) is 13.8 Å². The molecule has 0 saturated carbocycles. The van der Waals surface area contributed by atoms with E-state index in [2.05, 4.69) is 15.1 Å². The minimum atomic E-state index is -1.85. The molecule has 0 bridgehead atoms. The van der Waals surface area contributed by atoms with E-state index in [1.54, 1.807) is 23.2 Å². The van der Waals surface area contributed by atoms with Gasteiger partial charge in [-0.2, -0.15) is 5.10 Å². The van der Waals surface area contributed by atoms with Crippen LogP contribution in [0.3, 0.4) is 0 Å². The van der Waals surface area contributed by atoms with Gasteiger partial charge in [-0.15, -0.1) is 0 Å². The van der Waals surface area contributed by atoms with Crippen LogP contribution in [-0.2, 0) is 12.1 Å². The number of benzene rings is 2. The molecule has 180 valence electrons. The van der Waals surface area contributed by atoms with Crippen LogP contribution < -0.4 is 0 Å². The molecule has 2 aromatic carbocycles. The number of hydrogen-bond donors (Lipinski definition) is 1. The van der Waals surface area contributed by atoms with Crippen molar-refractivity contribution in [3.05, 3.63) is 94.1 Å². The summed E-state index contributed by atoms with van der Waals surface area (Å²) < 4.78 is 59.1. The fourth-order valence-corrected chi connectivity index (χ4v) is 4.37. The predicted octanol–water partition coefficient (Wildman–Crippen LogP) is 4.84.